The van der Waals surface area contributed by atoms with Gasteiger partial charge >= 0.3 is 0 Å². The van der Waals surface area contributed by atoms with Crippen LogP contribution in [0.4, 0.5) is 0 Å². The molecule has 2 aromatic rings. The van der Waals surface area contributed by atoms with Crippen molar-refractivity contribution >= 4 is 5.52 Å². The van der Waals surface area contributed by atoms with E-state index in [0.29, 0.717) is 5.92 Å². The molecule has 0 amide bonds. The Bertz CT molecular complexity index is 507. The molecule has 1 fully saturated rings. The summed E-state index contributed by atoms with van der Waals surface area (Å²) < 4.78 is 2.26. The number of aryl methyl sites for hydroxylation is 1. The van der Waals surface area contributed by atoms with Crippen LogP contribution < -0.4 is 5.32 Å². The largest absolute Gasteiger partial charge is 0.316 e. The van der Waals surface area contributed by atoms with Crippen molar-refractivity contribution in [2.75, 3.05) is 13.1 Å². The third-order valence-corrected chi connectivity index (χ3v) is 3.62. The van der Waals surface area contributed by atoms with Gasteiger partial charge in [-0.3, -0.25) is 0 Å². The van der Waals surface area contributed by atoms with Gasteiger partial charge in [-0.25, -0.2) is 4.98 Å². The highest BCUT2D eigenvalue weighted by atomic mass is 15.0. The molecule has 0 bridgehead atoms. The minimum absolute atomic E-state index is 0.557. The number of rotatable bonds is 1. The van der Waals surface area contributed by atoms with E-state index in [2.05, 4.69) is 40.0 Å². The normalized spacial score (nSPS) is 21.6. The number of aromatic nitrogens is 2. The molecule has 0 aliphatic carbocycles. The van der Waals surface area contributed by atoms with Crippen molar-refractivity contribution in [2.24, 2.45) is 0 Å². The molecule has 0 spiro atoms. The Labute approximate surface area is 102 Å². The Morgan fingerprint density at radius 3 is 3.24 bits per heavy atom. The molecular formula is C14H19N3. The molecule has 3 nitrogen and oxygen atoms in total. The van der Waals surface area contributed by atoms with Crippen LogP contribution in [0, 0.1) is 6.92 Å². The smallest absolute Gasteiger partial charge is 0.117 e. The topological polar surface area (TPSA) is 29.3 Å². The van der Waals surface area contributed by atoms with Crippen LogP contribution in [0.2, 0.25) is 0 Å². The zero-order valence-electron chi connectivity index (χ0n) is 10.3. The standard InChI is InChI=1S/C14H19N3/c1-11-5-6-13-9-16-14(17(13)10-11)12-4-2-3-7-15-8-12/h5-6,9-10,12,15H,2-4,7-8H2,1H3. The first-order valence-electron chi connectivity index (χ1n) is 6.49. The van der Waals surface area contributed by atoms with Gasteiger partial charge in [-0.1, -0.05) is 12.5 Å². The summed E-state index contributed by atoms with van der Waals surface area (Å²) in [6, 6.07) is 4.29. The molecule has 0 saturated carbocycles. The van der Waals surface area contributed by atoms with Crippen molar-refractivity contribution in [1.29, 1.82) is 0 Å². The van der Waals surface area contributed by atoms with Gasteiger partial charge in [0.25, 0.3) is 0 Å². The third-order valence-electron chi connectivity index (χ3n) is 3.62. The lowest BCUT2D eigenvalue weighted by molar-refractivity contribution is 0.576. The van der Waals surface area contributed by atoms with Crippen LogP contribution in [0.5, 0.6) is 0 Å². The second-order valence-corrected chi connectivity index (χ2v) is 5.01. The first kappa shape index (κ1) is 10.8. The van der Waals surface area contributed by atoms with Gasteiger partial charge in [0.15, 0.2) is 0 Å². The number of pyridine rings is 1. The Balaban J connectivity index is 2.00. The van der Waals surface area contributed by atoms with Crippen molar-refractivity contribution < 1.29 is 0 Å². The highest BCUT2D eigenvalue weighted by Gasteiger charge is 2.18. The summed E-state index contributed by atoms with van der Waals surface area (Å²) in [5.74, 6) is 1.78. The summed E-state index contributed by atoms with van der Waals surface area (Å²) in [4.78, 5) is 4.62. The lowest BCUT2D eigenvalue weighted by atomic mass is 10.0. The minimum atomic E-state index is 0.557. The molecule has 1 aliphatic heterocycles. The number of fused-ring (bicyclic) bond motifs is 1. The second-order valence-electron chi connectivity index (χ2n) is 5.01. The molecule has 1 aliphatic rings. The molecule has 0 radical (unpaired) electrons. The van der Waals surface area contributed by atoms with Gasteiger partial charge in [-0.15, -0.1) is 0 Å². The number of hydrogen-bond acceptors (Lipinski definition) is 2. The van der Waals surface area contributed by atoms with Crippen LogP contribution >= 0.6 is 0 Å². The second kappa shape index (κ2) is 4.49. The lowest BCUT2D eigenvalue weighted by Crippen LogP contribution is -2.20. The molecule has 90 valence electrons. The lowest BCUT2D eigenvalue weighted by Gasteiger charge is -2.13. The average molecular weight is 229 g/mol. The summed E-state index contributed by atoms with van der Waals surface area (Å²) in [6.45, 7) is 4.35. The molecule has 1 saturated heterocycles. The Morgan fingerprint density at radius 1 is 1.35 bits per heavy atom. The quantitative estimate of drug-likeness (QED) is 0.814. The van der Waals surface area contributed by atoms with Crippen LogP contribution in [0.3, 0.4) is 0 Å². The predicted octanol–water partition coefficient (Wildman–Crippen LogP) is 2.50. The fourth-order valence-corrected chi connectivity index (χ4v) is 2.66. The Hall–Kier alpha value is -1.35. The Kier molecular flexibility index (Phi) is 2.85. The fourth-order valence-electron chi connectivity index (χ4n) is 2.66. The molecule has 3 heterocycles. The zero-order chi connectivity index (χ0) is 11.7. The maximum Gasteiger partial charge on any atom is 0.117 e. The molecule has 3 heteroatoms. The number of hydrogen-bond donors (Lipinski definition) is 1. The van der Waals surface area contributed by atoms with Crippen LogP contribution in [0.1, 0.15) is 36.6 Å². The molecule has 3 rings (SSSR count). The first-order chi connectivity index (χ1) is 8.34. The summed E-state index contributed by atoms with van der Waals surface area (Å²) in [5.41, 5.74) is 2.49. The van der Waals surface area contributed by atoms with Crippen molar-refractivity contribution in [3.8, 4) is 0 Å². The monoisotopic (exact) mass is 229 g/mol. The number of nitrogens with one attached hydrogen (secondary N) is 1. The average Bonchev–Trinajstić information content (AvgIpc) is 2.58. The fraction of sp³-hybridized carbons (Fsp3) is 0.500. The van der Waals surface area contributed by atoms with Crippen LogP contribution in [0.15, 0.2) is 24.5 Å². The van der Waals surface area contributed by atoms with Crippen molar-refractivity contribution in [3.63, 3.8) is 0 Å². The molecule has 2 aromatic heterocycles. The van der Waals surface area contributed by atoms with E-state index in [0.717, 1.165) is 13.1 Å². The van der Waals surface area contributed by atoms with E-state index in [1.54, 1.807) is 0 Å². The van der Waals surface area contributed by atoms with Gasteiger partial charge in [-0.05, 0) is 37.9 Å². The van der Waals surface area contributed by atoms with E-state index in [4.69, 9.17) is 0 Å². The van der Waals surface area contributed by atoms with E-state index in [1.165, 1.54) is 36.2 Å². The number of imidazole rings is 1. The van der Waals surface area contributed by atoms with E-state index in [1.807, 2.05) is 6.20 Å². The van der Waals surface area contributed by atoms with Crippen molar-refractivity contribution in [3.05, 3.63) is 35.9 Å². The summed E-state index contributed by atoms with van der Waals surface area (Å²) in [6.07, 6.45) is 8.03. The maximum atomic E-state index is 4.62. The molecule has 1 unspecified atom stereocenters. The minimum Gasteiger partial charge on any atom is -0.316 e. The van der Waals surface area contributed by atoms with E-state index >= 15 is 0 Å². The number of nitrogens with zero attached hydrogens (tertiary/aromatic N) is 2. The van der Waals surface area contributed by atoms with Crippen molar-refractivity contribution in [2.45, 2.75) is 32.1 Å². The molecular weight excluding hydrogens is 210 g/mol. The van der Waals surface area contributed by atoms with Gasteiger partial charge in [0.1, 0.15) is 5.82 Å². The van der Waals surface area contributed by atoms with Gasteiger partial charge in [-0.2, -0.15) is 0 Å². The third kappa shape index (κ3) is 2.07. The molecule has 17 heavy (non-hydrogen) atoms. The van der Waals surface area contributed by atoms with E-state index in [-0.39, 0.29) is 0 Å². The highest BCUT2D eigenvalue weighted by Crippen LogP contribution is 2.23. The van der Waals surface area contributed by atoms with Crippen LogP contribution in [-0.4, -0.2) is 22.5 Å². The van der Waals surface area contributed by atoms with Gasteiger partial charge in [0.2, 0.25) is 0 Å². The van der Waals surface area contributed by atoms with Crippen LogP contribution in [0.25, 0.3) is 5.52 Å². The summed E-state index contributed by atoms with van der Waals surface area (Å²) >= 11 is 0. The SMILES string of the molecule is Cc1ccc2cnc(C3CCCCNC3)n2c1. The molecule has 0 aromatic carbocycles. The van der Waals surface area contributed by atoms with E-state index in [9.17, 15) is 0 Å². The highest BCUT2D eigenvalue weighted by molar-refractivity contribution is 5.47. The summed E-state index contributed by atoms with van der Waals surface area (Å²) in [7, 11) is 0. The molecule has 1 N–H and O–H groups in total. The Morgan fingerprint density at radius 2 is 2.29 bits per heavy atom. The predicted molar refractivity (Wildman–Crippen MR) is 69.4 cm³/mol. The van der Waals surface area contributed by atoms with Gasteiger partial charge in [0.05, 0.1) is 11.7 Å². The zero-order valence-corrected chi connectivity index (χ0v) is 10.3. The maximum absolute atomic E-state index is 4.62. The van der Waals surface area contributed by atoms with Gasteiger partial charge < -0.3 is 9.72 Å². The van der Waals surface area contributed by atoms with Crippen LogP contribution in [-0.2, 0) is 0 Å². The van der Waals surface area contributed by atoms with E-state index < -0.39 is 0 Å². The van der Waals surface area contributed by atoms with Crippen molar-refractivity contribution in [1.82, 2.24) is 14.7 Å². The summed E-state index contributed by atoms with van der Waals surface area (Å²) in [5, 5.41) is 3.51. The molecule has 1 atom stereocenters. The van der Waals surface area contributed by atoms with Gasteiger partial charge in [0, 0.05) is 18.7 Å². The first-order valence-corrected chi connectivity index (χ1v) is 6.49.